The van der Waals surface area contributed by atoms with Gasteiger partial charge in [0.1, 0.15) is 0 Å². The Kier molecular flexibility index (Phi) is 4.95. The highest BCUT2D eigenvalue weighted by Crippen LogP contribution is 2.07. The lowest BCUT2D eigenvalue weighted by Crippen LogP contribution is -2.32. The molecule has 92 valence electrons. The van der Waals surface area contributed by atoms with Crippen LogP contribution in [0.5, 0.6) is 0 Å². The molecule has 1 aromatic rings. The summed E-state index contributed by atoms with van der Waals surface area (Å²) < 4.78 is 0. The quantitative estimate of drug-likeness (QED) is 0.571. The Morgan fingerprint density at radius 1 is 1.06 bits per heavy atom. The molecule has 0 radical (unpaired) electrons. The standard InChI is InChI=1S/C15H21NO/c1-12(2)16(13(3)4)11-10-15(17)14-8-6-5-7-9-14/h5-13H,1-4H3/b11-10+. The van der Waals surface area contributed by atoms with Crippen LogP contribution in [0, 0.1) is 0 Å². The van der Waals surface area contributed by atoms with Gasteiger partial charge in [0, 0.05) is 29.9 Å². The van der Waals surface area contributed by atoms with E-state index in [1.807, 2.05) is 36.5 Å². The van der Waals surface area contributed by atoms with Crippen LogP contribution in [0.15, 0.2) is 42.6 Å². The largest absolute Gasteiger partial charge is 0.372 e. The molecule has 0 aliphatic heterocycles. The van der Waals surface area contributed by atoms with E-state index in [9.17, 15) is 4.79 Å². The highest BCUT2D eigenvalue weighted by molar-refractivity contribution is 6.04. The molecule has 2 nitrogen and oxygen atoms in total. The van der Waals surface area contributed by atoms with Gasteiger partial charge in [-0.15, -0.1) is 0 Å². The Bertz CT molecular complexity index is 371. The fourth-order valence-electron chi connectivity index (χ4n) is 1.79. The molecular weight excluding hydrogens is 210 g/mol. The first-order chi connectivity index (χ1) is 8.02. The van der Waals surface area contributed by atoms with Crippen LogP contribution in [0.4, 0.5) is 0 Å². The second-order valence-corrected chi connectivity index (χ2v) is 4.68. The zero-order chi connectivity index (χ0) is 12.8. The zero-order valence-corrected chi connectivity index (χ0v) is 11.1. The number of carbonyl (C=O) groups excluding carboxylic acids is 1. The van der Waals surface area contributed by atoms with Crippen LogP contribution in [0.3, 0.4) is 0 Å². The van der Waals surface area contributed by atoms with Gasteiger partial charge < -0.3 is 4.90 Å². The van der Waals surface area contributed by atoms with Gasteiger partial charge in [-0.2, -0.15) is 0 Å². The van der Waals surface area contributed by atoms with Gasteiger partial charge in [-0.05, 0) is 27.7 Å². The van der Waals surface area contributed by atoms with Crippen molar-refractivity contribution in [3.63, 3.8) is 0 Å². The summed E-state index contributed by atoms with van der Waals surface area (Å²) in [4.78, 5) is 14.0. The van der Waals surface area contributed by atoms with E-state index < -0.39 is 0 Å². The summed E-state index contributed by atoms with van der Waals surface area (Å²) in [5.74, 6) is 0.0527. The molecule has 1 rings (SSSR count). The molecule has 0 aliphatic carbocycles. The molecule has 0 saturated heterocycles. The van der Waals surface area contributed by atoms with Gasteiger partial charge in [-0.3, -0.25) is 4.79 Å². The maximum atomic E-state index is 11.9. The fraction of sp³-hybridized carbons (Fsp3) is 0.400. The molecule has 17 heavy (non-hydrogen) atoms. The van der Waals surface area contributed by atoms with E-state index in [1.54, 1.807) is 6.08 Å². The van der Waals surface area contributed by atoms with Crippen LogP contribution in [0.1, 0.15) is 38.1 Å². The number of allylic oxidation sites excluding steroid dienone is 1. The molecule has 0 aliphatic rings. The molecule has 0 fully saturated rings. The summed E-state index contributed by atoms with van der Waals surface area (Å²) in [6.07, 6.45) is 3.54. The van der Waals surface area contributed by atoms with Crippen LogP contribution in [0.25, 0.3) is 0 Å². The van der Waals surface area contributed by atoms with Crippen molar-refractivity contribution in [2.24, 2.45) is 0 Å². The van der Waals surface area contributed by atoms with Crippen molar-refractivity contribution in [3.05, 3.63) is 48.2 Å². The molecule has 0 N–H and O–H groups in total. The van der Waals surface area contributed by atoms with Crippen LogP contribution in [0.2, 0.25) is 0 Å². The summed E-state index contributed by atoms with van der Waals surface area (Å²) >= 11 is 0. The normalized spacial score (nSPS) is 11.4. The lowest BCUT2D eigenvalue weighted by Gasteiger charge is -2.29. The third-order valence-electron chi connectivity index (χ3n) is 2.65. The van der Waals surface area contributed by atoms with Crippen LogP contribution >= 0.6 is 0 Å². The molecule has 0 aromatic heterocycles. The number of benzene rings is 1. The van der Waals surface area contributed by atoms with Gasteiger partial charge in [0.2, 0.25) is 0 Å². The number of carbonyl (C=O) groups is 1. The lowest BCUT2D eigenvalue weighted by atomic mass is 10.1. The second kappa shape index (κ2) is 6.24. The number of ketones is 1. The van der Waals surface area contributed by atoms with Crippen molar-refractivity contribution >= 4 is 5.78 Å². The number of nitrogens with zero attached hydrogens (tertiary/aromatic N) is 1. The van der Waals surface area contributed by atoms with Crippen LogP contribution in [-0.4, -0.2) is 22.8 Å². The van der Waals surface area contributed by atoms with Gasteiger partial charge in [-0.1, -0.05) is 30.3 Å². The third-order valence-corrected chi connectivity index (χ3v) is 2.65. The first-order valence-electron chi connectivity index (χ1n) is 6.07. The van der Waals surface area contributed by atoms with Crippen LogP contribution in [-0.2, 0) is 0 Å². The van der Waals surface area contributed by atoms with Crippen molar-refractivity contribution in [2.75, 3.05) is 0 Å². The molecule has 1 aromatic carbocycles. The van der Waals surface area contributed by atoms with Gasteiger partial charge in [0.05, 0.1) is 0 Å². The molecule has 0 atom stereocenters. The zero-order valence-electron chi connectivity index (χ0n) is 11.1. The number of rotatable bonds is 5. The molecule has 0 amide bonds. The summed E-state index contributed by atoms with van der Waals surface area (Å²) in [5, 5.41) is 0. The molecule has 0 saturated carbocycles. The lowest BCUT2D eigenvalue weighted by molar-refractivity contribution is 0.104. The maximum Gasteiger partial charge on any atom is 0.187 e. The maximum absolute atomic E-state index is 11.9. The van der Waals surface area contributed by atoms with Crippen LogP contribution < -0.4 is 0 Å². The highest BCUT2D eigenvalue weighted by Gasteiger charge is 2.09. The van der Waals surface area contributed by atoms with E-state index in [0.29, 0.717) is 12.1 Å². The predicted molar refractivity (Wildman–Crippen MR) is 72.0 cm³/mol. The van der Waals surface area contributed by atoms with Crippen molar-refractivity contribution in [1.82, 2.24) is 4.90 Å². The van der Waals surface area contributed by atoms with Crippen molar-refractivity contribution < 1.29 is 4.79 Å². The van der Waals surface area contributed by atoms with Crippen molar-refractivity contribution in [1.29, 1.82) is 0 Å². The van der Waals surface area contributed by atoms with E-state index in [2.05, 4.69) is 32.6 Å². The monoisotopic (exact) mass is 231 g/mol. The van der Waals surface area contributed by atoms with Gasteiger partial charge in [-0.25, -0.2) is 0 Å². The highest BCUT2D eigenvalue weighted by atomic mass is 16.1. The minimum atomic E-state index is 0.0527. The summed E-state index contributed by atoms with van der Waals surface area (Å²) in [6, 6.07) is 10.1. The second-order valence-electron chi connectivity index (χ2n) is 4.68. The average Bonchev–Trinajstić information content (AvgIpc) is 2.29. The Morgan fingerprint density at radius 2 is 1.59 bits per heavy atom. The van der Waals surface area contributed by atoms with Gasteiger partial charge in [0.15, 0.2) is 5.78 Å². The van der Waals surface area contributed by atoms with Gasteiger partial charge in [0.25, 0.3) is 0 Å². The fourth-order valence-corrected chi connectivity index (χ4v) is 1.79. The number of hydrogen-bond donors (Lipinski definition) is 0. The molecular formula is C15H21NO. The van der Waals surface area contributed by atoms with E-state index in [0.717, 1.165) is 5.56 Å². The van der Waals surface area contributed by atoms with E-state index in [4.69, 9.17) is 0 Å². The smallest absolute Gasteiger partial charge is 0.187 e. The molecule has 0 bridgehead atoms. The van der Waals surface area contributed by atoms with Gasteiger partial charge >= 0.3 is 0 Å². The Labute approximate surface area is 104 Å². The van der Waals surface area contributed by atoms with Crippen molar-refractivity contribution in [3.8, 4) is 0 Å². The average molecular weight is 231 g/mol. The Morgan fingerprint density at radius 3 is 2.06 bits per heavy atom. The van der Waals surface area contributed by atoms with Crippen molar-refractivity contribution in [2.45, 2.75) is 39.8 Å². The number of hydrogen-bond acceptors (Lipinski definition) is 2. The minimum Gasteiger partial charge on any atom is -0.372 e. The van der Waals surface area contributed by atoms with E-state index >= 15 is 0 Å². The predicted octanol–water partition coefficient (Wildman–Crippen LogP) is 3.50. The molecule has 0 spiro atoms. The first-order valence-corrected chi connectivity index (χ1v) is 6.07. The topological polar surface area (TPSA) is 20.3 Å². The third kappa shape index (κ3) is 4.06. The minimum absolute atomic E-state index is 0.0527. The Balaban J connectivity index is 2.74. The summed E-state index contributed by atoms with van der Waals surface area (Å²) in [6.45, 7) is 8.49. The van der Waals surface area contributed by atoms with E-state index in [-0.39, 0.29) is 5.78 Å². The molecule has 2 heteroatoms. The SMILES string of the molecule is CC(C)N(/C=C/C(=O)c1ccccc1)C(C)C. The first kappa shape index (κ1) is 13.5. The summed E-state index contributed by atoms with van der Waals surface area (Å²) in [5.41, 5.74) is 0.733. The van der Waals surface area contributed by atoms with E-state index in [1.165, 1.54) is 0 Å². The summed E-state index contributed by atoms with van der Waals surface area (Å²) in [7, 11) is 0. The molecule has 0 unspecified atom stereocenters. The Hall–Kier alpha value is -1.57. The molecule has 0 heterocycles.